The van der Waals surface area contributed by atoms with E-state index in [-0.39, 0.29) is 11.6 Å². The van der Waals surface area contributed by atoms with Crippen molar-refractivity contribution < 1.29 is 14.0 Å². The van der Waals surface area contributed by atoms with E-state index >= 15 is 0 Å². The van der Waals surface area contributed by atoms with E-state index in [0.29, 0.717) is 43.9 Å². The van der Waals surface area contributed by atoms with Gasteiger partial charge in [-0.2, -0.15) is 0 Å². The normalized spacial score (nSPS) is 15.5. The Morgan fingerprint density at radius 1 is 0.513 bits per heavy atom. The zero-order valence-corrected chi connectivity index (χ0v) is 23.6. The molecule has 0 N–H and O–H groups in total. The Morgan fingerprint density at radius 2 is 0.821 bits per heavy atom. The van der Waals surface area contributed by atoms with Crippen LogP contribution < -0.4 is 0 Å². The topological polar surface area (TPSA) is 47.3 Å². The molecule has 2 aliphatic carbocycles. The van der Waals surface area contributed by atoms with Crippen molar-refractivity contribution in [3.05, 3.63) is 151 Å². The summed E-state index contributed by atoms with van der Waals surface area (Å²) in [5, 5.41) is 1.26. The van der Waals surface area contributed by atoms with Crippen LogP contribution in [0.15, 0.2) is 123 Å². The number of allylic oxidation sites excluding steroid dienone is 10. The predicted molar refractivity (Wildman–Crippen MR) is 159 cm³/mol. The minimum Gasteiger partial charge on any atom is -0.456 e. The monoisotopic (exact) mass is 552 g/mol. The van der Waals surface area contributed by atoms with Crippen LogP contribution in [0.25, 0.3) is 11.1 Å². The van der Waals surface area contributed by atoms with Gasteiger partial charge in [-0.15, -0.1) is 0 Å². The predicted octanol–water partition coefficient (Wildman–Crippen LogP) is 9.14. The summed E-state index contributed by atoms with van der Waals surface area (Å²) in [5.41, 5.74) is 7.94. The fourth-order valence-corrected chi connectivity index (χ4v) is 5.18. The van der Waals surface area contributed by atoms with Gasteiger partial charge in [-0.05, 0) is 133 Å². The van der Waals surface area contributed by atoms with E-state index in [1.54, 1.807) is 0 Å². The summed E-state index contributed by atoms with van der Waals surface area (Å²) < 4.78 is 6.61. The molecule has 3 nitrogen and oxygen atoms in total. The Balaban J connectivity index is 1.74. The zero-order chi connectivity index (χ0) is 27.8. The van der Waals surface area contributed by atoms with Gasteiger partial charge in [0.25, 0.3) is 0 Å². The van der Waals surface area contributed by atoms with Gasteiger partial charge in [-0.3, -0.25) is 9.59 Å². The van der Waals surface area contributed by atoms with Crippen LogP contribution in [0.4, 0.5) is 0 Å². The van der Waals surface area contributed by atoms with Gasteiger partial charge in [0, 0.05) is 21.2 Å². The second-order valence-electron chi connectivity index (χ2n) is 9.81. The molecule has 0 amide bonds. The van der Waals surface area contributed by atoms with Crippen LogP contribution in [0.5, 0.6) is 0 Å². The molecule has 0 saturated heterocycles. The second kappa shape index (κ2) is 10.7. The van der Waals surface area contributed by atoms with Crippen LogP contribution in [0, 0.1) is 0 Å². The average molecular weight is 553 g/mol. The summed E-state index contributed by atoms with van der Waals surface area (Å²) >= 11 is 12.4. The van der Waals surface area contributed by atoms with Gasteiger partial charge in [0.15, 0.2) is 11.6 Å². The summed E-state index contributed by atoms with van der Waals surface area (Å²) in [6.45, 7) is 7.29. The van der Waals surface area contributed by atoms with Crippen molar-refractivity contribution in [1.29, 1.82) is 0 Å². The summed E-state index contributed by atoms with van der Waals surface area (Å²) in [4.78, 5) is 25.0. The third-order valence-corrected chi connectivity index (χ3v) is 7.37. The Kier molecular flexibility index (Phi) is 7.31. The van der Waals surface area contributed by atoms with Gasteiger partial charge >= 0.3 is 0 Å². The van der Waals surface area contributed by atoms with Crippen LogP contribution in [0.3, 0.4) is 0 Å². The maximum atomic E-state index is 12.5. The van der Waals surface area contributed by atoms with Crippen LogP contribution in [-0.2, 0) is 9.59 Å². The minimum absolute atomic E-state index is 0.0280. The molecular weight excluding hydrogens is 527 g/mol. The number of rotatable bonds is 4. The van der Waals surface area contributed by atoms with E-state index in [4.69, 9.17) is 27.6 Å². The van der Waals surface area contributed by atoms with Crippen LogP contribution in [0.2, 0.25) is 10.0 Å². The molecule has 2 aliphatic rings. The smallest absolute Gasteiger partial charge is 0.184 e. The number of halogens is 2. The molecule has 2 aromatic carbocycles. The third-order valence-electron chi connectivity index (χ3n) is 6.86. The van der Waals surface area contributed by atoms with Gasteiger partial charge in [-0.25, -0.2) is 0 Å². The quantitative estimate of drug-likeness (QED) is 0.324. The SMILES string of the molecule is CC1=CC(=C(c2ccc(Cl)cc2)c2ccc(C(=C3C=C(C)C(=O)C(C)=C3)c3ccc(Cl)cc3)o2)C=C(C)C1=O. The van der Waals surface area contributed by atoms with Gasteiger partial charge in [0.05, 0.1) is 0 Å². The van der Waals surface area contributed by atoms with E-state index in [1.165, 1.54) is 0 Å². The molecule has 5 heteroatoms. The van der Waals surface area contributed by atoms with Gasteiger partial charge < -0.3 is 4.42 Å². The molecule has 0 bridgehead atoms. The van der Waals surface area contributed by atoms with Gasteiger partial charge in [-0.1, -0.05) is 47.5 Å². The molecule has 0 unspecified atom stereocenters. The fourth-order valence-electron chi connectivity index (χ4n) is 4.93. The minimum atomic E-state index is 0.0280. The average Bonchev–Trinajstić information content (AvgIpc) is 3.37. The Hall–Kier alpha value is -3.92. The van der Waals surface area contributed by atoms with Crippen molar-refractivity contribution in [2.45, 2.75) is 27.7 Å². The summed E-state index contributed by atoms with van der Waals surface area (Å²) in [5.74, 6) is 1.34. The van der Waals surface area contributed by atoms with Crippen LogP contribution in [0.1, 0.15) is 50.3 Å². The Labute approximate surface area is 238 Å². The fraction of sp³-hybridized carbons (Fsp3) is 0.118. The van der Waals surface area contributed by atoms with Crippen LogP contribution in [-0.4, -0.2) is 11.6 Å². The molecule has 0 fully saturated rings. The molecule has 0 radical (unpaired) electrons. The molecular formula is C34H26Cl2O3. The first-order chi connectivity index (χ1) is 18.6. The van der Waals surface area contributed by atoms with Gasteiger partial charge in [0.1, 0.15) is 11.5 Å². The highest BCUT2D eigenvalue weighted by Gasteiger charge is 2.23. The number of Topliss-reactive ketones (excluding diaryl/α,β-unsaturated/α-hetero) is 2. The third kappa shape index (κ3) is 5.34. The van der Waals surface area contributed by atoms with E-state index in [0.717, 1.165) is 33.4 Å². The Bertz CT molecular complexity index is 1530. The summed E-state index contributed by atoms with van der Waals surface area (Å²) in [6.07, 6.45) is 7.58. The highest BCUT2D eigenvalue weighted by Crippen LogP contribution is 2.38. The summed E-state index contributed by atoms with van der Waals surface area (Å²) in [7, 11) is 0. The first-order valence-electron chi connectivity index (χ1n) is 12.6. The van der Waals surface area contributed by atoms with E-state index in [2.05, 4.69) is 0 Å². The van der Waals surface area contributed by atoms with Crippen molar-refractivity contribution >= 4 is 45.9 Å². The first-order valence-corrected chi connectivity index (χ1v) is 13.3. The lowest BCUT2D eigenvalue weighted by molar-refractivity contribution is -0.113. The van der Waals surface area contributed by atoms with Gasteiger partial charge in [0.2, 0.25) is 0 Å². The highest BCUT2D eigenvalue weighted by atomic mass is 35.5. The molecule has 0 aliphatic heterocycles. The lowest BCUT2D eigenvalue weighted by Crippen LogP contribution is -2.07. The molecule has 3 aromatic rings. The lowest BCUT2D eigenvalue weighted by Gasteiger charge is -2.16. The maximum Gasteiger partial charge on any atom is 0.184 e. The molecule has 1 aromatic heterocycles. The number of ketones is 2. The molecule has 0 spiro atoms. The zero-order valence-electron chi connectivity index (χ0n) is 22.1. The Morgan fingerprint density at radius 3 is 1.13 bits per heavy atom. The molecule has 0 saturated carbocycles. The molecule has 5 rings (SSSR count). The van der Waals surface area contributed by atoms with E-state index in [1.807, 2.05) is 113 Å². The molecule has 0 atom stereocenters. The van der Waals surface area contributed by atoms with E-state index < -0.39 is 0 Å². The highest BCUT2D eigenvalue weighted by molar-refractivity contribution is 6.31. The second-order valence-corrected chi connectivity index (χ2v) is 10.7. The first kappa shape index (κ1) is 26.7. The largest absolute Gasteiger partial charge is 0.456 e. The van der Waals surface area contributed by atoms with E-state index in [9.17, 15) is 9.59 Å². The number of carbonyl (C=O) groups excluding carboxylic acids is 2. The standard InChI is InChI=1S/C34H26Cl2O3/c1-19-15-25(16-20(2)33(19)37)31(23-5-9-27(35)10-6-23)29-13-14-30(39-29)32(24-7-11-28(36)12-8-24)26-17-21(3)34(38)22(4)18-26/h5-18H,1-4H3. The molecule has 39 heavy (non-hydrogen) atoms. The van der Waals surface area contributed by atoms with Crippen molar-refractivity contribution in [3.8, 4) is 0 Å². The number of benzene rings is 2. The summed E-state index contributed by atoms with van der Waals surface area (Å²) in [6, 6.07) is 19.0. The number of hydrogen-bond donors (Lipinski definition) is 0. The van der Waals surface area contributed by atoms with Crippen LogP contribution >= 0.6 is 23.2 Å². The number of carbonyl (C=O) groups is 2. The number of hydrogen-bond acceptors (Lipinski definition) is 3. The van der Waals surface area contributed by atoms with Crippen molar-refractivity contribution in [1.82, 2.24) is 0 Å². The molecule has 194 valence electrons. The lowest BCUT2D eigenvalue weighted by atomic mass is 9.89. The maximum absolute atomic E-state index is 12.5. The molecule has 1 heterocycles. The number of furan rings is 1. The van der Waals surface area contributed by atoms with Crippen molar-refractivity contribution in [3.63, 3.8) is 0 Å². The van der Waals surface area contributed by atoms with Crippen molar-refractivity contribution in [2.24, 2.45) is 0 Å². The van der Waals surface area contributed by atoms with Crippen molar-refractivity contribution in [2.75, 3.05) is 0 Å².